The topological polar surface area (TPSA) is 136 Å². The Balaban J connectivity index is 1.98. The van der Waals surface area contributed by atoms with E-state index in [0.717, 1.165) is 12.8 Å². The second-order valence-electron chi connectivity index (χ2n) is 5.28. The highest BCUT2D eigenvalue weighted by atomic mass is 16.3. The highest BCUT2D eigenvalue weighted by molar-refractivity contribution is 5.56. The molecule has 0 spiro atoms. The van der Waals surface area contributed by atoms with Crippen LogP contribution in [0.2, 0.25) is 0 Å². The van der Waals surface area contributed by atoms with Gasteiger partial charge in [0.15, 0.2) is 5.65 Å². The van der Waals surface area contributed by atoms with E-state index in [9.17, 15) is 9.90 Å². The number of nitrogens with one attached hydrogen (secondary N) is 3. The van der Waals surface area contributed by atoms with Crippen molar-refractivity contribution < 1.29 is 5.11 Å². The molecule has 10 nitrogen and oxygen atoms in total. The molecule has 0 atom stereocenters. The lowest BCUT2D eigenvalue weighted by Gasteiger charge is -1.99. The Morgan fingerprint density at radius 2 is 2.26 bits per heavy atom. The molecule has 10 heteroatoms. The average Bonchev–Trinajstić information content (AvgIpc) is 3.16. The van der Waals surface area contributed by atoms with Gasteiger partial charge in [0.1, 0.15) is 5.69 Å². The number of hydrogen-bond acceptors (Lipinski definition) is 7. The van der Waals surface area contributed by atoms with Crippen LogP contribution in [0.4, 0.5) is 5.95 Å². The fraction of sp³-hybridized carbons (Fsp3) is 0.308. The molecule has 0 aliphatic heterocycles. The summed E-state index contributed by atoms with van der Waals surface area (Å²) in [4.78, 5) is 29.2. The molecule has 1 fully saturated rings. The first-order valence-electron chi connectivity index (χ1n) is 7.14. The monoisotopic (exact) mass is 314 g/mol. The second kappa shape index (κ2) is 4.93. The molecule has 4 rings (SSSR count). The minimum absolute atomic E-state index is 0.236. The van der Waals surface area contributed by atoms with E-state index < -0.39 is 5.69 Å². The lowest BCUT2D eigenvalue weighted by atomic mass is 10.3. The van der Waals surface area contributed by atoms with E-state index in [-0.39, 0.29) is 11.6 Å². The second-order valence-corrected chi connectivity index (χ2v) is 5.28. The summed E-state index contributed by atoms with van der Waals surface area (Å²) in [7, 11) is 1.72. The van der Waals surface area contributed by atoms with Gasteiger partial charge < -0.3 is 15.4 Å². The molecule has 1 aliphatic rings. The van der Waals surface area contributed by atoms with E-state index in [1.54, 1.807) is 23.8 Å². The van der Waals surface area contributed by atoms with Crippen LogP contribution in [0.3, 0.4) is 0 Å². The third-order valence-electron chi connectivity index (χ3n) is 3.48. The van der Waals surface area contributed by atoms with Crippen molar-refractivity contribution in [3.8, 4) is 5.88 Å². The predicted molar refractivity (Wildman–Crippen MR) is 80.8 cm³/mol. The normalized spacial score (nSPS) is 16.4. The van der Waals surface area contributed by atoms with Crippen LogP contribution >= 0.6 is 0 Å². The smallest absolute Gasteiger partial charge is 0.326 e. The number of nitrogens with zero attached hydrogens (tertiary/aromatic N) is 5. The van der Waals surface area contributed by atoms with Crippen LogP contribution in [0.1, 0.15) is 18.5 Å². The summed E-state index contributed by atoms with van der Waals surface area (Å²) < 4.78 is 1.55. The number of aromatic nitrogens is 6. The zero-order valence-corrected chi connectivity index (χ0v) is 12.2. The van der Waals surface area contributed by atoms with Gasteiger partial charge in [0.2, 0.25) is 11.8 Å². The molecule has 0 unspecified atom stereocenters. The third-order valence-corrected chi connectivity index (χ3v) is 3.48. The molecule has 23 heavy (non-hydrogen) atoms. The molecule has 4 N–H and O–H groups in total. The molecule has 0 radical (unpaired) electrons. The van der Waals surface area contributed by atoms with Gasteiger partial charge in [0, 0.05) is 12.3 Å². The molecular weight excluding hydrogens is 300 g/mol. The van der Waals surface area contributed by atoms with Gasteiger partial charge in [-0.3, -0.25) is 4.98 Å². The zero-order valence-electron chi connectivity index (χ0n) is 12.2. The van der Waals surface area contributed by atoms with Gasteiger partial charge in [0.25, 0.3) is 5.62 Å². The van der Waals surface area contributed by atoms with Crippen LogP contribution < -0.4 is 21.8 Å². The number of hydrogen-bond donors (Lipinski definition) is 4. The van der Waals surface area contributed by atoms with Crippen LogP contribution in [0.25, 0.3) is 11.7 Å². The quantitative estimate of drug-likeness (QED) is 0.464. The van der Waals surface area contributed by atoms with Gasteiger partial charge in [-0.2, -0.15) is 19.6 Å². The maximum Gasteiger partial charge on any atom is 0.326 e. The predicted octanol–water partition coefficient (Wildman–Crippen LogP) is -1.50. The van der Waals surface area contributed by atoms with E-state index in [0.29, 0.717) is 28.5 Å². The van der Waals surface area contributed by atoms with Gasteiger partial charge in [0.05, 0.1) is 12.2 Å². The van der Waals surface area contributed by atoms with Crippen molar-refractivity contribution in [1.82, 2.24) is 29.5 Å². The van der Waals surface area contributed by atoms with Crippen molar-refractivity contribution >= 4 is 17.7 Å². The van der Waals surface area contributed by atoms with Crippen LogP contribution in [-0.2, 0) is 0 Å². The van der Waals surface area contributed by atoms with Gasteiger partial charge in [-0.15, -0.1) is 0 Å². The standard InChI is InChI=1S/C13H14N8O2/c1-14-11-18-9-6(4-8-10(22)19-13(23)17-8)5-15-21(9)12(20-11)16-7-2-3-7/h4-5,7,22H,2-3H2,1H3,(H,14,16,20)(H2,17,19,23)/b6-4+. The molecule has 3 aromatic rings. The van der Waals surface area contributed by atoms with E-state index in [4.69, 9.17) is 0 Å². The summed E-state index contributed by atoms with van der Waals surface area (Å²) in [6.45, 7) is 0. The first-order valence-corrected chi connectivity index (χ1v) is 7.14. The molecule has 118 valence electrons. The summed E-state index contributed by atoms with van der Waals surface area (Å²) in [6.07, 6.45) is 5.28. The molecular formula is C13H14N8O2. The average molecular weight is 314 g/mol. The third kappa shape index (κ3) is 2.43. The maximum atomic E-state index is 11.2. The van der Waals surface area contributed by atoms with E-state index in [2.05, 4.69) is 35.3 Å². The summed E-state index contributed by atoms with van der Waals surface area (Å²) >= 11 is 0. The number of anilines is 1. The molecule has 0 aromatic carbocycles. The number of fused-ring (bicyclic) bond motifs is 1. The van der Waals surface area contributed by atoms with Crippen molar-refractivity contribution in [3.63, 3.8) is 0 Å². The molecule has 3 aromatic heterocycles. The summed E-state index contributed by atoms with van der Waals surface area (Å²) in [5.74, 6) is 0.193. The Labute approximate surface area is 128 Å². The van der Waals surface area contributed by atoms with Crippen LogP contribution in [0.15, 0.2) is 16.0 Å². The molecule has 1 saturated carbocycles. The lowest BCUT2D eigenvalue weighted by Crippen LogP contribution is -2.24. The number of imidazole rings is 1. The van der Waals surface area contributed by atoms with E-state index >= 15 is 0 Å². The van der Waals surface area contributed by atoms with Crippen molar-refractivity contribution in [2.45, 2.75) is 18.9 Å². The van der Waals surface area contributed by atoms with Gasteiger partial charge in [-0.1, -0.05) is 0 Å². The van der Waals surface area contributed by atoms with Crippen molar-refractivity contribution in [2.75, 3.05) is 12.4 Å². The first kappa shape index (κ1) is 13.5. The number of aromatic amines is 2. The number of aromatic hydroxyl groups is 1. The molecule has 0 saturated heterocycles. The van der Waals surface area contributed by atoms with Crippen LogP contribution in [0.5, 0.6) is 5.88 Å². The number of rotatable bonds is 3. The maximum absolute atomic E-state index is 11.2. The number of H-pyrrole nitrogens is 2. The minimum Gasteiger partial charge on any atom is -0.493 e. The summed E-state index contributed by atoms with van der Waals surface area (Å²) in [5.41, 5.74) is 0.786. The highest BCUT2D eigenvalue weighted by Crippen LogP contribution is 2.22. The SMILES string of the molecule is CNc1nc(=NC2CC2)n2nc/c(=C\c3[nH]c(=O)[nH]c3O)c2n1. The molecule has 1 aliphatic carbocycles. The van der Waals surface area contributed by atoms with Gasteiger partial charge in [-0.25, -0.2) is 9.79 Å². The lowest BCUT2D eigenvalue weighted by molar-refractivity contribution is 0.454. The summed E-state index contributed by atoms with van der Waals surface area (Å²) in [6, 6.07) is 0.291. The van der Waals surface area contributed by atoms with Crippen molar-refractivity contribution in [3.05, 3.63) is 33.2 Å². The largest absolute Gasteiger partial charge is 0.493 e. The zero-order chi connectivity index (χ0) is 16.0. The van der Waals surface area contributed by atoms with E-state index in [1.807, 2.05) is 0 Å². The fourth-order valence-corrected chi connectivity index (χ4v) is 2.19. The highest BCUT2D eigenvalue weighted by Gasteiger charge is 2.20. The summed E-state index contributed by atoms with van der Waals surface area (Å²) in [5, 5.41) is 17.5. The Bertz CT molecular complexity index is 1060. The van der Waals surface area contributed by atoms with Gasteiger partial charge >= 0.3 is 5.69 Å². The molecule has 3 heterocycles. The first-order chi connectivity index (χ1) is 11.1. The van der Waals surface area contributed by atoms with Crippen molar-refractivity contribution in [2.24, 2.45) is 4.99 Å². The van der Waals surface area contributed by atoms with Crippen LogP contribution in [-0.4, -0.2) is 47.7 Å². The molecule has 0 amide bonds. The molecule has 0 bridgehead atoms. The fourth-order valence-electron chi connectivity index (χ4n) is 2.19. The van der Waals surface area contributed by atoms with Crippen molar-refractivity contribution in [1.29, 1.82) is 0 Å². The van der Waals surface area contributed by atoms with E-state index in [1.165, 1.54) is 0 Å². The van der Waals surface area contributed by atoms with Crippen LogP contribution in [0, 0.1) is 0 Å². The Hall–Kier alpha value is -3.17. The van der Waals surface area contributed by atoms with Gasteiger partial charge in [-0.05, 0) is 18.9 Å². The Kier molecular flexibility index (Phi) is 2.89. The Morgan fingerprint density at radius 3 is 2.91 bits per heavy atom. The minimum atomic E-state index is -0.486. The Morgan fingerprint density at radius 1 is 1.43 bits per heavy atom.